The minimum atomic E-state index is -3.12. The molecule has 1 aromatic rings. The fourth-order valence-corrected chi connectivity index (χ4v) is 1.52. The van der Waals surface area contributed by atoms with Gasteiger partial charge in [0.2, 0.25) is 10.0 Å². The maximum atomic E-state index is 10.7. The minimum absolute atomic E-state index is 0.239. The van der Waals surface area contributed by atoms with E-state index in [1.165, 1.54) is 5.56 Å². The average Bonchev–Trinajstić information content (AvgIpc) is 2.55. The Morgan fingerprint density at radius 3 is 1.79 bits per heavy atom. The van der Waals surface area contributed by atoms with E-state index in [4.69, 9.17) is 0 Å². The summed E-state index contributed by atoms with van der Waals surface area (Å²) < 4.78 is 23.7. The fraction of sp³-hybridized carbons (Fsp3) is 0.400. The summed E-state index contributed by atoms with van der Waals surface area (Å²) in [7, 11) is -3.12. The van der Waals surface area contributed by atoms with Crippen molar-refractivity contribution in [3.63, 3.8) is 0 Å². The van der Waals surface area contributed by atoms with Crippen molar-refractivity contribution in [2.45, 2.75) is 41.5 Å². The summed E-state index contributed by atoms with van der Waals surface area (Å²) in [6, 6.07) is 10.3. The summed E-state index contributed by atoms with van der Waals surface area (Å²) in [5.41, 5.74) is 2.93. The Hall–Kier alpha value is -1.65. The molecule has 0 aliphatic carbocycles. The molecule has 0 aliphatic heterocycles. The SMILES string of the molecule is C=C(C)/C=C\C(=C)CNS(C)(=O)=O.CC.CC.Cc1ccccc1. The van der Waals surface area contributed by atoms with Gasteiger partial charge in [0.1, 0.15) is 0 Å². The van der Waals surface area contributed by atoms with Gasteiger partial charge in [-0.3, -0.25) is 0 Å². The van der Waals surface area contributed by atoms with E-state index < -0.39 is 10.0 Å². The molecular formula is C20H35NO2S. The molecule has 0 bridgehead atoms. The van der Waals surface area contributed by atoms with Crippen LogP contribution in [0.4, 0.5) is 0 Å². The topological polar surface area (TPSA) is 46.2 Å². The van der Waals surface area contributed by atoms with Crippen molar-refractivity contribution < 1.29 is 8.42 Å². The van der Waals surface area contributed by atoms with E-state index in [9.17, 15) is 8.42 Å². The van der Waals surface area contributed by atoms with E-state index in [1.807, 2.05) is 52.8 Å². The zero-order chi connectivity index (χ0) is 19.6. The first kappa shape index (κ1) is 27.2. The third-order valence-corrected chi connectivity index (χ3v) is 2.77. The number of aryl methyl sites for hydroxylation is 1. The molecule has 0 saturated carbocycles. The number of hydrogen-bond acceptors (Lipinski definition) is 2. The van der Waals surface area contributed by atoms with Crippen LogP contribution in [0.1, 0.15) is 40.2 Å². The second kappa shape index (κ2) is 17.7. The monoisotopic (exact) mass is 353 g/mol. The first-order valence-electron chi connectivity index (χ1n) is 8.18. The van der Waals surface area contributed by atoms with Crippen molar-refractivity contribution in [3.8, 4) is 0 Å². The third-order valence-electron chi connectivity index (χ3n) is 2.11. The van der Waals surface area contributed by atoms with Gasteiger partial charge in [-0.05, 0) is 19.4 Å². The Kier molecular flexibility index (Phi) is 20.1. The average molecular weight is 354 g/mol. The summed E-state index contributed by atoms with van der Waals surface area (Å²) in [6.45, 7) is 19.5. The van der Waals surface area contributed by atoms with Crippen molar-refractivity contribution in [2.24, 2.45) is 0 Å². The lowest BCUT2D eigenvalue weighted by molar-refractivity contribution is 0.591. The normalized spacial score (nSPS) is 9.46. The number of nitrogens with one attached hydrogen (secondary N) is 1. The van der Waals surface area contributed by atoms with Gasteiger partial charge in [-0.2, -0.15) is 0 Å². The smallest absolute Gasteiger partial charge is 0.209 e. The molecule has 0 radical (unpaired) electrons. The maximum absolute atomic E-state index is 10.7. The van der Waals surface area contributed by atoms with Crippen LogP contribution in [-0.2, 0) is 10.0 Å². The van der Waals surface area contributed by atoms with Gasteiger partial charge in [0.15, 0.2) is 0 Å². The van der Waals surface area contributed by atoms with Crippen LogP contribution in [0.3, 0.4) is 0 Å². The van der Waals surface area contributed by atoms with Crippen molar-refractivity contribution in [2.75, 3.05) is 12.8 Å². The van der Waals surface area contributed by atoms with Crippen molar-refractivity contribution >= 4 is 10.0 Å². The lowest BCUT2D eigenvalue weighted by Crippen LogP contribution is -2.23. The van der Waals surface area contributed by atoms with Gasteiger partial charge < -0.3 is 0 Å². The highest BCUT2D eigenvalue weighted by Crippen LogP contribution is 1.96. The van der Waals surface area contributed by atoms with Crippen LogP contribution >= 0.6 is 0 Å². The summed E-state index contributed by atoms with van der Waals surface area (Å²) in [5, 5.41) is 0. The molecule has 1 rings (SSSR count). The third kappa shape index (κ3) is 25.3. The summed E-state index contributed by atoms with van der Waals surface area (Å²) in [4.78, 5) is 0. The Balaban J connectivity index is -0.000000335. The molecule has 0 saturated heterocycles. The van der Waals surface area contributed by atoms with Crippen molar-refractivity contribution in [1.82, 2.24) is 4.72 Å². The Bertz CT molecular complexity index is 559. The van der Waals surface area contributed by atoms with Gasteiger partial charge in [-0.15, -0.1) is 0 Å². The number of allylic oxidation sites excluding steroid dienone is 2. The summed E-state index contributed by atoms with van der Waals surface area (Å²) in [5.74, 6) is 0. The van der Waals surface area contributed by atoms with Gasteiger partial charge in [0.25, 0.3) is 0 Å². The van der Waals surface area contributed by atoms with E-state index in [-0.39, 0.29) is 6.54 Å². The Labute approximate surface area is 150 Å². The van der Waals surface area contributed by atoms with E-state index in [1.54, 1.807) is 12.2 Å². The van der Waals surface area contributed by atoms with Crippen LogP contribution in [0.25, 0.3) is 0 Å². The van der Waals surface area contributed by atoms with Gasteiger partial charge in [0, 0.05) is 6.54 Å². The molecule has 0 aliphatic rings. The second-order valence-corrected chi connectivity index (χ2v) is 6.42. The largest absolute Gasteiger partial charge is 0.213 e. The minimum Gasteiger partial charge on any atom is -0.213 e. The predicted molar refractivity (Wildman–Crippen MR) is 110 cm³/mol. The van der Waals surface area contributed by atoms with Crippen molar-refractivity contribution in [3.05, 3.63) is 72.4 Å². The first-order chi connectivity index (χ1) is 11.2. The summed E-state index contributed by atoms with van der Waals surface area (Å²) >= 11 is 0. The molecule has 0 aromatic heterocycles. The first-order valence-corrected chi connectivity index (χ1v) is 10.1. The Morgan fingerprint density at radius 2 is 1.50 bits per heavy atom. The molecule has 24 heavy (non-hydrogen) atoms. The lowest BCUT2D eigenvalue weighted by atomic mass is 10.2. The number of benzene rings is 1. The predicted octanol–water partition coefficient (Wildman–Crippen LogP) is 5.27. The van der Waals surface area contributed by atoms with Gasteiger partial charge in [0.05, 0.1) is 6.26 Å². The Morgan fingerprint density at radius 1 is 1.04 bits per heavy atom. The molecule has 1 N–H and O–H groups in total. The molecule has 0 spiro atoms. The van der Waals surface area contributed by atoms with Gasteiger partial charge in [-0.1, -0.05) is 94.5 Å². The number of hydrogen-bond donors (Lipinski definition) is 1. The van der Waals surface area contributed by atoms with Crippen molar-refractivity contribution in [1.29, 1.82) is 0 Å². The van der Waals surface area contributed by atoms with Crippen LogP contribution in [-0.4, -0.2) is 21.2 Å². The second-order valence-electron chi connectivity index (χ2n) is 4.59. The highest BCUT2D eigenvalue weighted by molar-refractivity contribution is 7.88. The van der Waals surface area contributed by atoms with Gasteiger partial charge >= 0.3 is 0 Å². The molecule has 0 fully saturated rings. The molecule has 0 unspecified atom stereocenters. The summed E-state index contributed by atoms with van der Waals surface area (Å²) in [6.07, 6.45) is 4.63. The molecule has 0 atom stereocenters. The highest BCUT2D eigenvalue weighted by atomic mass is 32.2. The van der Waals surface area contributed by atoms with Gasteiger partial charge in [-0.25, -0.2) is 13.1 Å². The molecular weight excluding hydrogens is 318 g/mol. The zero-order valence-corrected chi connectivity index (χ0v) is 17.2. The fourth-order valence-electron chi connectivity index (χ4n) is 1.08. The lowest BCUT2D eigenvalue weighted by Gasteiger charge is -2.00. The van der Waals surface area contributed by atoms with Crippen LogP contribution < -0.4 is 4.72 Å². The standard InChI is InChI=1S/C9H15NO2S.C7H8.2C2H6/c1-8(2)5-6-9(3)7-10-13(4,11)12;1-7-5-3-2-4-6-7;2*1-2/h5-6,10H,1,3,7H2,2,4H3;2-6H,1H3;2*1-2H3/b6-5-;;;. The molecule has 0 amide bonds. The highest BCUT2D eigenvalue weighted by Gasteiger charge is 1.98. The quantitative estimate of drug-likeness (QED) is 0.733. The molecule has 138 valence electrons. The van der Waals surface area contributed by atoms with Crippen LogP contribution in [0, 0.1) is 6.92 Å². The maximum Gasteiger partial charge on any atom is 0.209 e. The van der Waals surface area contributed by atoms with E-state index in [0.29, 0.717) is 5.57 Å². The number of rotatable bonds is 5. The van der Waals surface area contributed by atoms with Crippen LogP contribution in [0.5, 0.6) is 0 Å². The van der Waals surface area contributed by atoms with E-state index in [2.05, 4.69) is 36.9 Å². The van der Waals surface area contributed by atoms with E-state index >= 15 is 0 Å². The zero-order valence-electron chi connectivity index (χ0n) is 16.4. The van der Waals surface area contributed by atoms with Crippen LogP contribution in [0.15, 0.2) is 66.8 Å². The molecule has 4 heteroatoms. The number of sulfonamides is 1. The van der Waals surface area contributed by atoms with E-state index in [0.717, 1.165) is 11.8 Å². The molecule has 0 heterocycles. The van der Waals surface area contributed by atoms with Crippen LogP contribution in [0.2, 0.25) is 0 Å². The molecule has 3 nitrogen and oxygen atoms in total. The molecule has 1 aromatic carbocycles.